The van der Waals surface area contributed by atoms with E-state index >= 15 is 0 Å². The van der Waals surface area contributed by atoms with Gasteiger partial charge in [-0.1, -0.05) is 30.3 Å². The number of carbonyl (C=O) groups is 2. The SMILES string of the molecule is COC(=O)N1CCCC2(CCC(=O)N(CCc3ccccc3)C2)C1. The molecular formula is C19H26N2O3. The number of methoxy groups -OCH3 is 1. The molecule has 0 saturated carbocycles. The van der Waals surface area contributed by atoms with Gasteiger partial charge in [-0.2, -0.15) is 0 Å². The fourth-order valence-electron chi connectivity index (χ4n) is 4.04. The lowest BCUT2D eigenvalue weighted by molar-refractivity contribution is -0.139. The van der Waals surface area contributed by atoms with Crippen LogP contribution in [0, 0.1) is 5.41 Å². The van der Waals surface area contributed by atoms with Gasteiger partial charge in [0.25, 0.3) is 0 Å². The molecule has 0 bridgehead atoms. The van der Waals surface area contributed by atoms with Gasteiger partial charge in [-0.15, -0.1) is 0 Å². The van der Waals surface area contributed by atoms with Crippen LogP contribution in [-0.2, 0) is 16.0 Å². The largest absolute Gasteiger partial charge is 0.453 e. The number of likely N-dealkylation sites (tertiary alicyclic amines) is 2. The molecule has 1 aromatic rings. The molecule has 1 spiro atoms. The summed E-state index contributed by atoms with van der Waals surface area (Å²) in [4.78, 5) is 28.0. The first kappa shape index (κ1) is 16.8. The van der Waals surface area contributed by atoms with Crippen LogP contribution in [0.3, 0.4) is 0 Å². The number of nitrogens with zero attached hydrogens (tertiary/aromatic N) is 2. The highest BCUT2D eigenvalue weighted by Gasteiger charge is 2.42. The van der Waals surface area contributed by atoms with Crippen LogP contribution in [0.2, 0.25) is 0 Å². The molecule has 2 fully saturated rings. The summed E-state index contributed by atoms with van der Waals surface area (Å²) in [7, 11) is 1.43. The minimum absolute atomic E-state index is 0.0387. The normalized spacial score (nSPS) is 24.3. The van der Waals surface area contributed by atoms with E-state index in [4.69, 9.17) is 4.74 Å². The standard InChI is InChI=1S/C19H26N2O3/c1-24-18(23)21-12-5-10-19(15-21)11-8-17(22)20(14-19)13-9-16-6-3-2-4-7-16/h2-4,6-7H,5,8-15H2,1H3. The molecule has 5 nitrogen and oxygen atoms in total. The van der Waals surface area contributed by atoms with E-state index in [-0.39, 0.29) is 17.4 Å². The average molecular weight is 330 g/mol. The summed E-state index contributed by atoms with van der Waals surface area (Å²) < 4.78 is 4.88. The highest BCUT2D eigenvalue weighted by molar-refractivity contribution is 5.77. The summed E-state index contributed by atoms with van der Waals surface area (Å²) in [5.74, 6) is 0.242. The van der Waals surface area contributed by atoms with Gasteiger partial charge in [-0.3, -0.25) is 4.79 Å². The maximum Gasteiger partial charge on any atom is 0.409 e. The number of carbonyl (C=O) groups excluding carboxylic acids is 2. The zero-order valence-corrected chi connectivity index (χ0v) is 14.4. The molecule has 0 radical (unpaired) electrons. The molecule has 0 aromatic heterocycles. The van der Waals surface area contributed by atoms with Crippen LogP contribution < -0.4 is 0 Å². The number of benzene rings is 1. The Labute approximate surface area is 143 Å². The second-order valence-electron chi connectivity index (χ2n) is 7.05. The molecule has 1 aromatic carbocycles. The van der Waals surface area contributed by atoms with E-state index in [0.717, 1.165) is 45.3 Å². The second kappa shape index (κ2) is 7.24. The van der Waals surface area contributed by atoms with Crippen molar-refractivity contribution in [3.63, 3.8) is 0 Å². The van der Waals surface area contributed by atoms with Crippen LogP contribution in [0.25, 0.3) is 0 Å². The van der Waals surface area contributed by atoms with Crippen LogP contribution in [0.5, 0.6) is 0 Å². The van der Waals surface area contributed by atoms with Gasteiger partial charge in [-0.25, -0.2) is 4.79 Å². The molecule has 1 atom stereocenters. The number of ether oxygens (including phenoxy) is 1. The van der Waals surface area contributed by atoms with Crippen molar-refractivity contribution in [3.8, 4) is 0 Å². The van der Waals surface area contributed by atoms with Gasteiger partial charge in [0.05, 0.1) is 7.11 Å². The van der Waals surface area contributed by atoms with Gasteiger partial charge < -0.3 is 14.5 Å². The van der Waals surface area contributed by atoms with Gasteiger partial charge in [0, 0.05) is 38.0 Å². The molecule has 2 aliphatic rings. The van der Waals surface area contributed by atoms with Crippen molar-refractivity contribution >= 4 is 12.0 Å². The third-order valence-corrected chi connectivity index (χ3v) is 5.36. The molecule has 0 N–H and O–H groups in total. The summed E-state index contributed by atoms with van der Waals surface area (Å²) in [6.07, 6.45) is 4.15. The fourth-order valence-corrected chi connectivity index (χ4v) is 4.04. The molecule has 2 saturated heterocycles. The van der Waals surface area contributed by atoms with E-state index in [9.17, 15) is 9.59 Å². The van der Waals surface area contributed by atoms with Crippen LogP contribution >= 0.6 is 0 Å². The van der Waals surface area contributed by atoms with E-state index in [1.807, 2.05) is 23.1 Å². The monoisotopic (exact) mass is 330 g/mol. The fraction of sp³-hybridized carbons (Fsp3) is 0.579. The number of piperidine rings is 2. The number of rotatable bonds is 3. The zero-order chi connectivity index (χ0) is 17.0. The van der Waals surface area contributed by atoms with Crippen LogP contribution in [0.15, 0.2) is 30.3 Å². The third kappa shape index (κ3) is 3.71. The van der Waals surface area contributed by atoms with E-state index in [1.54, 1.807) is 4.90 Å². The summed E-state index contributed by atoms with van der Waals surface area (Å²) in [6, 6.07) is 10.3. The Kier molecular flexibility index (Phi) is 5.07. The number of amides is 2. The summed E-state index contributed by atoms with van der Waals surface area (Å²) in [6.45, 7) is 2.97. The molecule has 5 heteroatoms. The van der Waals surface area contributed by atoms with Crippen molar-refractivity contribution < 1.29 is 14.3 Å². The Morgan fingerprint density at radius 3 is 2.75 bits per heavy atom. The Morgan fingerprint density at radius 2 is 2.00 bits per heavy atom. The van der Waals surface area contributed by atoms with Gasteiger partial charge in [-0.05, 0) is 31.2 Å². The molecule has 24 heavy (non-hydrogen) atoms. The summed E-state index contributed by atoms with van der Waals surface area (Å²) in [5, 5.41) is 0. The van der Waals surface area contributed by atoms with Crippen LogP contribution in [-0.4, -0.2) is 55.1 Å². The highest BCUT2D eigenvalue weighted by atomic mass is 16.5. The molecule has 2 amide bonds. The van der Waals surface area contributed by atoms with E-state index < -0.39 is 0 Å². The van der Waals surface area contributed by atoms with Crippen molar-refractivity contribution in [2.24, 2.45) is 5.41 Å². The number of hydrogen-bond donors (Lipinski definition) is 0. The minimum atomic E-state index is -0.248. The smallest absolute Gasteiger partial charge is 0.409 e. The lowest BCUT2D eigenvalue weighted by Gasteiger charge is -2.47. The van der Waals surface area contributed by atoms with Crippen molar-refractivity contribution in [3.05, 3.63) is 35.9 Å². The molecule has 0 aliphatic carbocycles. The molecule has 130 valence electrons. The first-order chi connectivity index (χ1) is 11.6. The zero-order valence-electron chi connectivity index (χ0n) is 14.4. The molecule has 2 heterocycles. The van der Waals surface area contributed by atoms with Crippen LogP contribution in [0.1, 0.15) is 31.2 Å². The first-order valence-electron chi connectivity index (χ1n) is 8.76. The van der Waals surface area contributed by atoms with Gasteiger partial charge in [0.2, 0.25) is 5.91 Å². The minimum Gasteiger partial charge on any atom is -0.453 e. The van der Waals surface area contributed by atoms with Crippen molar-refractivity contribution in [1.29, 1.82) is 0 Å². The molecule has 2 aliphatic heterocycles. The molecule has 1 unspecified atom stereocenters. The molecule has 3 rings (SSSR count). The predicted molar refractivity (Wildman–Crippen MR) is 91.6 cm³/mol. The lowest BCUT2D eigenvalue weighted by atomic mass is 9.73. The summed E-state index contributed by atoms with van der Waals surface area (Å²) >= 11 is 0. The number of hydrogen-bond acceptors (Lipinski definition) is 3. The van der Waals surface area contributed by atoms with Crippen molar-refractivity contribution in [2.45, 2.75) is 32.1 Å². The van der Waals surface area contributed by atoms with Crippen LogP contribution in [0.4, 0.5) is 4.79 Å². The first-order valence-corrected chi connectivity index (χ1v) is 8.76. The van der Waals surface area contributed by atoms with Gasteiger partial charge in [0.1, 0.15) is 0 Å². The second-order valence-corrected chi connectivity index (χ2v) is 7.05. The average Bonchev–Trinajstić information content (AvgIpc) is 2.63. The predicted octanol–water partition coefficient (Wildman–Crippen LogP) is 2.70. The van der Waals surface area contributed by atoms with Crippen molar-refractivity contribution in [2.75, 3.05) is 33.3 Å². The maximum atomic E-state index is 12.3. The third-order valence-electron chi connectivity index (χ3n) is 5.36. The van der Waals surface area contributed by atoms with E-state index in [0.29, 0.717) is 13.0 Å². The van der Waals surface area contributed by atoms with Gasteiger partial charge >= 0.3 is 6.09 Å². The Hall–Kier alpha value is -2.04. The van der Waals surface area contributed by atoms with Crippen molar-refractivity contribution in [1.82, 2.24) is 9.80 Å². The maximum absolute atomic E-state index is 12.3. The van der Waals surface area contributed by atoms with E-state index in [1.165, 1.54) is 12.7 Å². The quantitative estimate of drug-likeness (QED) is 0.856. The summed E-state index contributed by atoms with van der Waals surface area (Å²) in [5.41, 5.74) is 1.29. The molecular weight excluding hydrogens is 304 g/mol. The topological polar surface area (TPSA) is 49.9 Å². The highest BCUT2D eigenvalue weighted by Crippen LogP contribution is 2.39. The van der Waals surface area contributed by atoms with Gasteiger partial charge in [0.15, 0.2) is 0 Å². The Balaban J connectivity index is 1.64. The van der Waals surface area contributed by atoms with E-state index in [2.05, 4.69) is 12.1 Å². The Bertz CT molecular complexity index is 590. The Morgan fingerprint density at radius 1 is 1.21 bits per heavy atom. The lowest BCUT2D eigenvalue weighted by Crippen LogP contribution is -2.55.